The van der Waals surface area contributed by atoms with Gasteiger partial charge in [-0.1, -0.05) is 13.3 Å². The van der Waals surface area contributed by atoms with Gasteiger partial charge in [-0.3, -0.25) is 0 Å². The molecule has 0 amide bonds. The fourth-order valence-corrected chi connectivity index (χ4v) is 2.24. The second-order valence-corrected chi connectivity index (χ2v) is 4.02. The van der Waals surface area contributed by atoms with Crippen molar-refractivity contribution in [3.63, 3.8) is 0 Å². The molecule has 1 heterocycles. The van der Waals surface area contributed by atoms with Gasteiger partial charge in [0.25, 0.3) is 0 Å². The molecule has 2 heteroatoms. The highest BCUT2D eigenvalue weighted by Crippen LogP contribution is 2.19. The van der Waals surface area contributed by atoms with Gasteiger partial charge in [-0.2, -0.15) is 0 Å². The van der Waals surface area contributed by atoms with Gasteiger partial charge in [-0.25, -0.2) is 0 Å². The van der Waals surface area contributed by atoms with Crippen molar-refractivity contribution >= 4 is 0 Å². The minimum Gasteiger partial charge on any atom is -0.396 e. The third-order valence-electron chi connectivity index (χ3n) is 3.07. The summed E-state index contributed by atoms with van der Waals surface area (Å²) < 4.78 is 0. The van der Waals surface area contributed by atoms with Crippen LogP contribution in [0.2, 0.25) is 0 Å². The Labute approximate surface area is 81.9 Å². The minimum atomic E-state index is 0.352. The Hall–Kier alpha value is -0.0800. The first kappa shape index (κ1) is 11.0. The molecule has 1 atom stereocenters. The summed E-state index contributed by atoms with van der Waals surface area (Å²) in [4.78, 5) is 2.61. The van der Waals surface area contributed by atoms with Gasteiger partial charge in [0.1, 0.15) is 0 Å². The van der Waals surface area contributed by atoms with Gasteiger partial charge >= 0.3 is 0 Å². The van der Waals surface area contributed by atoms with Crippen LogP contribution in [-0.4, -0.2) is 35.7 Å². The molecular weight excluding hydrogens is 162 g/mol. The molecular formula is C11H23NO. The van der Waals surface area contributed by atoms with E-state index in [1.165, 1.54) is 38.8 Å². The largest absolute Gasteiger partial charge is 0.396 e. The molecule has 0 spiro atoms. The smallest absolute Gasteiger partial charge is 0.0431 e. The second kappa shape index (κ2) is 6.39. The van der Waals surface area contributed by atoms with Crippen LogP contribution in [0, 0.1) is 0 Å². The van der Waals surface area contributed by atoms with Crippen LogP contribution in [0.25, 0.3) is 0 Å². The highest BCUT2D eigenvalue weighted by atomic mass is 16.2. The van der Waals surface area contributed by atoms with E-state index in [-0.39, 0.29) is 0 Å². The Bertz CT molecular complexity index is 127. The zero-order chi connectivity index (χ0) is 9.52. The molecule has 0 aromatic heterocycles. The summed E-state index contributed by atoms with van der Waals surface area (Å²) >= 11 is 0. The molecule has 13 heavy (non-hydrogen) atoms. The SMILES string of the molecule is CCC1CCCCN1CCCCO. The molecule has 1 saturated heterocycles. The lowest BCUT2D eigenvalue weighted by Gasteiger charge is -2.35. The monoisotopic (exact) mass is 185 g/mol. The predicted molar refractivity (Wildman–Crippen MR) is 55.8 cm³/mol. The van der Waals surface area contributed by atoms with E-state index in [0.29, 0.717) is 6.61 Å². The number of aliphatic hydroxyl groups excluding tert-OH is 1. The van der Waals surface area contributed by atoms with Crippen LogP contribution in [0.15, 0.2) is 0 Å². The molecule has 1 rings (SSSR count). The lowest BCUT2D eigenvalue weighted by atomic mass is 10.00. The molecule has 0 bridgehead atoms. The zero-order valence-corrected chi connectivity index (χ0v) is 8.84. The summed E-state index contributed by atoms with van der Waals surface area (Å²) in [6.45, 7) is 5.11. The first-order valence-corrected chi connectivity index (χ1v) is 5.73. The molecule has 0 saturated carbocycles. The molecule has 0 aromatic rings. The summed E-state index contributed by atoms with van der Waals surface area (Å²) in [5.41, 5.74) is 0. The molecule has 1 fully saturated rings. The first-order valence-electron chi connectivity index (χ1n) is 5.73. The minimum absolute atomic E-state index is 0.352. The van der Waals surface area contributed by atoms with Gasteiger partial charge in [-0.05, 0) is 45.2 Å². The van der Waals surface area contributed by atoms with Crippen molar-refractivity contribution in [3.05, 3.63) is 0 Å². The fourth-order valence-electron chi connectivity index (χ4n) is 2.24. The number of rotatable bonds is 5. The van der Waals surface area contributed by atoms with Gasteiger partial charge in [0.2, 0.25) is 0 Å². The molecule has 0 radical (unpaired) electrons. The second-order valence-electron chi connectivity index (χ2n) is 4.02. The lowest BCUT2D eigenvalue weighted by Crippen LogP contribution is -2.39. The number of unbranched alkanes of at least 4 members (excludes halogenated alkanes) is 1. The van der Waals surface area contributed by atoms with E-state index in [1.807, 2.05) is 0 Å². The Morgan fingerprint density at radius 3 is 2.85 bits per heavy atom. The van der Waals surface area contributed by atoms with Crippen molar-refractivity contribution in [2.75, 3.05) is 19.7 Å². The average molecular weight is 185 g/mol. The number of hydrogen-bond acceptors (Lipinski definition) is 2. The number of piperidine rings is 1. The Balaban J connectivity index is 2.19. The maximum absolute atomic E-state index is 8.70. The summed E-state index contributed by atoms with van der Waals surface area (Å²) in [7, 11) is 0. The molecule has 2 nitrogen and oxygen atoms in total. The van der Waals surface area contributed by atoms with Crippen LogP contribution in [0.1, 0.15) is 45.4 Å². The van der Waals surface area contributed by atoms with E-state index in [1.54, 1.807) is 0 Å². The van der Waals surface area contributed by atoms with Gasteiger partial charge in [0.15, 0.2) is 0 Å². The van der Waals surface area contributed by atoms with Gasteiger partial charge in [-0.15, -0.1) is 0 Å². The highest BCUT2D eigenvalue weighted by Gasteiger charge is 2.19. The van der Waals surface area contributed by atoms with Crippen molar-refractivity contribution in [2.45, 2.75) is 51.5 Å². The van der Waals surface area contributed by atoms with Crippen LogP contribution in [-0.2, 0) is 0 Å². The molecule has 78 valence electrons. The molecule has 1 aliphatic rings. The van der Waals surface area contributed by atoms with E-state index in [2.05, 4.69) is 11.8 Å². The third kappa shape index (κ3) is 3.65. The average Bonchev–Trinajstić information content (AvgIpc) is 2.19. The molecule has 1 unspecified atom stereocenters. The standard InChI is InChI=1S/C11H23NO/c1-2-11-7-3-4-8-12(11)9-5-6-10-13/h11,13H,2-10H2,1H3. The quantitative estimate of drug-likeness (QED) is 0.662. The summed E-state index contributed by atoms with van der Waals surface area (Å²) in [6.07, 6.45) is 7.58. The fraction of sp³-hybridized carbons (Fsp3) is 1.00. The third-order valence-corrected chi connectivity index (χ3v) is 3.07. The maximum atomic E-state index is 8.70. The normalized spacial score (nSPS) is 24.9. The van der Waals surface area contributed by atoms with Crippen molar-refractivity contribution < 1.29 is 5.11 Å². The van der Waals surface area contributed by atoms with Crippen LogP contribution in [0.4, 0.5) is 0 Å². The molecule has 0 aliphatic carbocycles. The van der Waals surface area contributed by atoms with Crippen molar-refractivity contribution in [1.29, 1.82) is 0 Å². The van der Waals surface area contributed by atoms with E-state index in [9.17, 15) is 0 Å². The van der Waals surface area contributed by atoms with Crippen molar-refractivity contribution in [1.82, 2.24) is 4.90 Å². The molecule has 1 aliphatic heterocycles. The topological polar surface area (TPSA) is 23.5 Å². The van der Waals surface area contributed by atoms with Crippen molar-refractivity contribution in [2.24, 2.45) is 0 Å². The first-order chi connectivity index (χ1) is 6.38. The van der Waals surface area contributed by atoms with Gasteiger partial charge in [0, 0.05) is 12.6 Å². The Morgan fingerprint density at radius 2 is 2.15 bits per heavy atom. The van der Waals surface area contributed by atoms with E-state index >= 15 is 0 Å². The number of nitrogens with zero attached hydrogens (tertiary/aromatic N) is 1. The Morgan fingerprint density at radius 1 is 1.31 bits per heavy atom. The summed E-state index contributed by atoms with van der Waals surface area (Å²) in [6, 6.07) is 0.826. The van der Waals surface area contributed by atoms with E-state index in [4.69, 9.17) is 5.11 Å². The zero-order valence-electron chi connectivity index (χ0n) is 8.84. The number of aliphatic hydroxyl groups is 1. The predicted octanol–water partition coefficient (Wildman–Crippen LogP) is 2.02. The number of likely N-dealkylation sites (tertiary alicyclic amines) is 1. The molecule has 1 N–H and O–H groups in total. The van der Waals surface area contributed by atoms with Crippen molar-refractivity contribution in [3.8, 4) is 0 Å². The lowest BCUT2D eigenvalue weighted by molar-refractivity contribution is 0.138. The van der Waals surface area contributed by atoms with Crippen LogP contribution in [0.5, 0.6) is 0 Å². The van der Waals surface area contributed by atoms with Gasteiger partial charge in [0.05, 0.1) is 0 Å². The van der Waals surface area contributed by atoms with E-state index in [0.717, 1.165) is 18.9 Å². The molecule has 0 aromatic carbocycles. The highest BCUT2D eigenvalue weighted by molar-refractivity contribution is 4.75. The maximum Gasteiger partial charge on any atom is 0.0431 e. The van der Waals surface area contributed by atoms with Crippen LogP contribution in [0.3, 0.4) is 0 Å². The van der Waals surface area contributed by atoms with E-state index < -0.39 is 0 Å². The van der Waals surface area contributed by atoms with Crippen LogP contribution >= 0.6 is 0 Å². The van der Waals surface area contributed by atoms with Gasteiger partial charge < -0.3 is 10.0 Å². The summed E-state index contributed by atoms with van der Waals surface area (Å²) in [5, 5.41) is 8.70. The van der Waals surface area contributed by atoms with Crippen LogP contribution < -0.4 is 0 Å². The number of hydrogen-bond donors (Lipinski definition) is 1. The summed E-state index contributed by atoms with van der Waals surface area (Å²) in [5.74, 6) is 0. The Kier molecular flexibility index (Phi) is 5.40.